The van der Waals surface area contributed by atoms with Gasteiger partial charge in [-0.15, -0.1) is 0 Å². The van der Waals surface area contributed by atoms with Crippen molar-refractivity contribution in [3.63, 3.8) is 0 Å². The molecule has 0 saturated carbocycles. The minimum atomic E-state index is -3.65. The van der Waals surface area contributed by atoms with Gasteiger partial charge in [0.1, 0.15) is 0 Å². The Morgan fingerprint density at radius 1 is 1.22 bits per heavy atom. The molecule has 2 saturated heterocycles. The van der Waals surface area contributed by atoms with Gasteiger partial charge in [-0.05, 0) is 43.4 Å². The van der Waals surface area contributed by atoms with Crippen LogP contribution in [0, 0.1) is 0 Å². The predicted octanol–water partition coefficient (Wildman–Crippen LogP) is 1.22. The number of amides is 1. The number of nitrogens with zero attached hydrogens (tertiary/aromatic N) is 2. The van der Waals surface area contributed by atoms with Crippen LogP contribution in [0.25, 0.3) is 0 Å². The smallest absolute Gasteiger partial charge is 0.254 e. The molecule has 7 nitrogen and oxygen atoms in total. The maximum Gasteiger partial charge on any atom is 0.254 e. The van der Waals surface area contributed by atoms with E-state index in [0.717, 1.165) is 24.8 Å². The number of hydrogen-bond donors (Lipinski definition) is 1. The molecule has 27 heavy (non-hydrogen) atoms. The first kappa shape index (κ1) is 20.3. The van der Waals surface area contributed by atoms with E-state index in [1.54, 1.807) is 23.1 Å². The zero-order valence-corrected chi connectivity index (χ0v) is 16.7. The first-order chi connectivity index (χ1) is 13.0. The third kappa shape index (κ3) is 4.18. The molecule has 0 radical (unpaired) electrons. The van der Waals surface area contributed by atoms with Crippen LogP contribution in [0.1, 0.15) is 42.1 Å². The molecule has 1 atom stereocenters. The maximum atomic E-state index is 13.2. The highest BCUT2D eigenvalue weighted by atomic mass is 32.2. The largest absolute Gasteiger partial charge is 0.379 e. The molecule has 1 aromatic rings. The minimum Gasteiger partial charge on any atom is -0.379 e. The topological polar surface area (TPSA) is 92.9 Å². The van der Waals surface area contributed by atoms with Gasteiger partial charge in [0.2, 0.25) is 10.0 Å². The van der Waals surface area contributed by atoms with E-state index in [1.165, 1.54) is 4.31 Å². The normalized spacial score (nSPS) is 22.0. The van der Waals surface area contributed by atoms with E-state index >= 15 is 0 Å². The molecule has 0 aromatic heterocycles. The van der Waals surface area contributed by atoms with E-state index in [1.807, 2.05) is 6.92 Å². The van der Waals surface area contributed by atoms with Gasteiger partial charge in [-0.2, -0.15) is 4.31 Å². The third-order valence-corrected chi connectivity index (χ3v) is 7.42. The van der Waals surface area contributed by atoms with E-state index in [4.69, 9.17) is 10.5 Å². The zero-order chi connectivity index (χ0) is 19.4. The summed E-state index contributed by atoms with van der Waals surface area (Å²) in [5.74, 6) is -0.133. The van der Waals surface area contributed by atoms with Crippen molar-refractivity contribution < 1.29 is 17.9 Å². The summed E-state index contributed by atoms with van der Waals surface area (Å²) in [7, 11) is -3.65. The van der Waals surface area contributed by atoms with Crippen molar-refractivity contribution in [2.45, 2.75) is 43.5 Å². The van der Waals surface area contributed by atoms with Gasteiger partial charge in [0.05, 0.1) is 18.1 Å². The van der Waals surface area contributed by atoms with Gasteiger partial charge in [-0.25, -0.2) is 8.42 Å². The Morgan fingerprint density at radius 2 is 1.96 bits per heavy atom. The lowest BCUT2D eigenvalue weighted by Crippen LogP contribution is -2.47. The predicted molar refractivity (Wildman–Crippen MR) is 103 cm³/mol. The maximum absolute atomic E-state index is 13.2. The fourth-order valence-electron chi connectivity index (χ4n) is 3.82. The van der Waals surface area contributed by atoms with Gasteiger partial charge in [-0.1, -0.05) is 13.0 Å². The van der Waals surface area contributed by atoms with Crippen molar-refractivity contribution in [3.8, 4) is 0 Å². The molecule has 3 rings (SSSR count). The standard InChI is InChI=1S/C19H29N3O4S/c1-2-15-6-7-16(19(23)22-8-4-3-5-17(22)14-20)13-18(15)27(24,25)21-9-11-26-12-10-21/h6-7,13,17H,2-5,8-12,14,20H2,1H3. The number of likely N-dealkylation sites (tertiary alicyclic amines) is 1. The molecule has 2 fully saturated rings. The summed E-state index contributed by atoms with van der Waals surface area (Å²) in [5.41, 5.74) is 6.99. The number of rotatable bonds is 5. The Kier molecular flexibility index (Phi) is 6.52. The van der Waals surface area contributed by atoms with Crippen LogP contribution < -0.4 is 5.73 Å². The Bertz CT molecular complexity index is 775. The molecule has 0 bridgehead atoms. The number of sulfonamides is 1. The van der Waals surface area contributed by atoms with E-state index in [-0.39, 0.29) is 16.8 Å². The Balaban J connectivity index is 1.94. The molecular formula is C19H29N3O4S. The summed E-state index contributed by atoms with van der Waals surface area (Å²) in [4.78, 5) is 15.1. The molecule has 2 aliphatic rings. The van der Waals surface area contributed by atoms with Crippen LogP contribution in [0.5, 0.6) is 0 Å². The Morgan fingerprint density at radius 3 is 2.63 bits per heavy atom. The lowest BCUT2D eigenvalue weighted by atomic mass is 10.0. The first-order valence-electron chi connectivity index (χ1n) is 9.71. The van der Waals surface area contributed by atoms with Crippen molar-refractivity contribution in [1.29, 1.82) is 0 Å². The molecule has 2 heterocycles. The van der Waals surface area contributed by atoms with Crippen molar-refractivity contribution in [3.05, 3.63) is 29.3 Å². The second-order valence-corrected chi connectivity index (χ2v) is 8.98. The highest BCUT2D eigenvalue weighted by Crippen LogP contribution is 2.25. The van der Waals surface area contributed by atoms with Crippen LogP contribution in [0.3, 0.4) is 0 Å². The van der Waals surface area contributed by atoms with Gasteiger partial charge < -0.3 is 15.4 Å². The number of benzene rings is 1. The average molecular weight is 396 g/mol. The highest BCUT2D eigenvalue weighted by molar-refractivity contribution is 7.89. The first-order valence-corrected chi connectivity index (χ1v) is 11.1. The lowest BCUT2D eigenvalue weighted by molar-refractivity contribution is 0.0623. The monoisotopic (exact) mass is 395 g/mol. The van der Waals surface area contributed by atoms with E-state index in [9.17, 15) is 13.2 Å². The molecule has 2 aliphatic heterocycles. The number of hydrogen-bond acceptors (Lipinski definition) is 5. The second-order valence-electron chi connectivity index (χ2n) is 7.08. The minimum absolute atomic E-state index is 0.0244. The van der Waals surface area contributed by atoms with E-state index in [0.29, 0.717) is 51.4 Å². The van der Waals surface area contributed by atoms with Gasteiger partial charge in [0.15, 0.2) is 0 Å². The molecule has 1 aromatic carbocycles. The lowest BCUT2D eigenvalue weighted by Gasteiger charge is -2.35. The fraction of sp³-hybridized carbons (Fsp3) is 0.632. The molecule has 1 amide bonds. The summed E-state index contributed by atoms with van der Waals surface area (Å²) < 4.78 is 33.0. The summed E-state index contributed by atoms with van der Waals surface area (Å²) in [6.07, 6.45) is 3.50. The molecule has 0 aliphatic carbocycles. The Labute approximate surface area is 161 Å². The fourth-order valence-corrected chi connectivity index (χ4v) is 5.55. The SMILES string of the molecule is CCc1ccc(C(=O)N2CCCCC2CN)cc1S(=O)(=O)N1CCOCC1. The summed E-state index contributed by atoms with van der Waals surface area (Å²) in [6, 6.07) is 5.08. The zero-order valence-electron chi connectivity index (χ0n) is 15.9. The average Bonchev–Trinajstić information content (AvgIpc) is 2.73. The molecule has 2 N–H and O–H groups in total. The van der Waals surface area contributed by atoms with Crippen LogP contribution in [0.15, 0.2) is 23.1 Å². The Hall–Kier alpha value is -1.48. The van der Waals surface area contributed by atoms with Crippen molar-refractivity contribution >= 4 is 15.9 Å². The number of carbonyl (C=O) groups is 1. The van der Waals surface area contributed by atoms with Gasteiger partial charge >= 0.3 is 0 Å². The number of piperidine rings is 1. The van der Waals surface area contributed by atoms with Crippen molar-refractivity contribution in [2.75, 3.05) is 39.4 Å². The quantitative estimate of drug-likeness (QED) is 0.809. The van der Waals surface area contributed by atoms with Crippen LogP contribution in [0.2, 0.25) is 0 Å². The van der Waals surface area contributed by atoms with E-state index < -0.39 is 10.0 Å². The summed E-state index contributed by atoms with van der Waals surface area (Å²) in [5, 5.41) is 0. The van der Waals surface area contributed by atoms with Gasteiger partial charge in [0, 0.05) is 37.8 Å². The number of nitrogens with two attached hydrogens (primary N) is 1. The van der Waals surface area contributed by atoms with Crippen molar-refractivity contribution in [1.82, 2.24) is 9.21 Å². The number of morpholine rings is 1. The van der Waals surface area contributed by atoms with Crippen LogP contribution in [-0.2, 0) is 21.2 Å². The van der Waals surface area contributed by atoms with Gasteiger partial charge in [0.25, 0.3) is 5.91 Å². The molecule has 8 heteroatoms. The van der Waals surface area contributed by atoms with E-state index in [2.05, 4.69) is 0 Å². The highest BCUT2D eigenvalue weighted by Gasteiger charge is 2.31. The van der Waals surface area contributed by atoms with Crippen LogP contribution in [0.4, 0.5) is 0 Å². The molecule has 0 spiro atoms. The third-order valence-electron chi connectivity index (χ3n) is 5.44. The second kappa shape index (κ2) is 8.68. The summed E-state index contributed by atoms with van der Waals surface area (Å²) >= 11 is 0. The molecule has 1 unspecified atom stereocenters. The summed E-state index contributed by atoms with van der Waals surface area (Å²) in [6.45, 7) is 4.48. The van der Waals surface area contributed by atoms with Crippen LogP contribution in [-0.4, -0.2) is 69.0 Å². The molecule has 150 valence electrons. The van der Waals surface area contributed by atoms with Gasteiger partial charge in [-0.3, -0.25) is 4.79 Å². The number of aryl methyl sites for hydroxylation is 1. The van der Waals surface area contributed by atoms with Crippen molar-refractivity contribution in [2.24, 2.45) is 5.73 Å². The molecular weight excluding hydrogens is 366 g/mol. The number of ether oxygens (including phenoxy) is 1. The van der Waals surface area contributed by atoms with Crippen LogP contribution >= 0.6 is 0 Å². The number of carbonyl (C=O) groups excluding carboxylic acids is 1.